The Hall–Kier alpha value is -1.39. The van der Waals surface area contributed by atoms with Crippen LogP contribution >= 0.6 is 0 Å². The minimum Gasteiger partial charge on any atom is -0.218 e. The van der Waals surface area contributed by atoms with E-state index < -0.39 is 38.7 Å². The fraction of sp³-hybridized carbons (Fsp3) is 0.333. The second kappa shape index (κ2) is 4.57. The van der Waals surface area contributed by atoms with Crippen molar-refractivity contribution in [2.75, 3.05) is 0 Å². The summed E-state index contributed by atoms with van der Waals surface area (Å²) in [5.41, 5.74) is -7.58. The Morgan fingerprint density at radius 3 is 1.35 bits per heavy atom. The van der Waals surface area contributed by atoms with E-state index in [1.807, 2.05) is 0 Å². The van der Waals surface area contributed by atoms with Crippen LogP contribution < -0.4 is 0 Å². The van der Waals surface area contributed by atoms with E-state index in [-0.39, 0.29) is 24.3 Å². The zero-order chi connectivity index (χ0) is 16.0. The molecule has 0 bridgehead atoms. The molecule has 0 N–H and O–H groups in total. The lowest BCUT2D eigenvalue weighted by molar-refractivity contribution is -0.348. The standard InChI is InChI=1S/C9H4F8O2S/c10-7(8(11,12)13,9(14,15)16)5-1-3-6(4-2-5)20(17,18)19/h1-4H. The van der Waals surface area contributed by atoms with Crippen molar-refractivity contribution < 1.29 is 43.0 Å². The molecule has 0 fully saturated rings. The van der Waals surface area contributed by atoms with Crippen molar-refractivity contribution in [3.05, 3.63) is 29.8 Å². The predicted molar refractivity (Wildman–Crippen MR) is 49.6 cm³/mol. The first kappa shape index (κ1) is 16.7. The summed E-state index contributed by atoms with van der Waals surface area (Å²) in [6.07, 6.45) is -12.6. The zero-order valence-corrected chi connectivity index (χ0v) is 9.87. The summed E-state index contributed by atoms with van der Waals surface area (Å²) in [5, 5.41) is 0. The van der Waals surface area contributed by atoms with Crippen LogP contribution in [0.25, 0.3) is 0 Å². The molecule has 0 saturated heterocycles. The van der Waals surface area contributed by atoms with Crippen LogP contribution in [-0.2, 0) is 15.9 Å². The van der Waals surface area contributed by atoms with Gasteiger partial charge in [-0.2, -0.15) is 34.8 Å². The molecular formula is C9H4F8O2S. The average molecular weight is 328 g/mol. The van der Waals surface area contributed by atoms with E-state index in [4.69, 9.17) is 0 Å². The van der Waals surface area contributed by atoms with Crippen molar-refractivity contribution in [2.24, 2.45) is 0 Å². The monoisotopic (exact) mass is 328 g/mol. The Kier molecular flexibility index (Phi) is 3.81. The van der Waals surface area contributed by atoms with Crippen LogP contribution in [0.1, 0.15) is 5.56 Å². The molecule has 0 atom stereocenters. The molecule has 1 aromatic carbocycles. The van der Waals surface area contributed by atoms with Gasteiger partial charge in [-0.1, -0.05) is 12.1 Å². The quantitative estimate of drug-likeness (QED) is 0.614. The van der Waals surface area contributed by atoms with E-state index in [2.05, 4.69) is 0 Å². The highest BCUT2D eigenvalue weighted by Crippen LogP contribution is 2.53. The van der Waals surface area contributed by atoms with Crippen molar-refractivity contribution in [2.45, 2.75) is 22.9 Å². The molecule has 0 heterocycles. The molecule has 11 heteroatoms. The lowest BCUT2D eigenvalue weighted by atomic mass is 9.94. The topological polar surface area (TPSA) is 34.1 Å². The fourth-order valence-electron chi connectivity index (χ4n) is 1.34. The van der Waals surface area contributed by atoms with Gasteiger partial charge in [-0.05, 0) is 12.1 Å². The molecular weight excluding hydrogens is 324 g/mol. The van der Waals surface area contributed by atoms with Crippen molar-refractivity contribution >= 4 is 10.2 Å². The molecule has 0 aliphatic carbocycles. The van der Waals surface area contributed by atoms with Gasteiger partial charge in [-0.3, -0.25) is 0 Å². The average Bonchev–Trinajstić information content (AvgIpc) is 2.24. The van der Waals surface area contributed by atoms with E-state index >= 15 is 0 Å². The normalized spacial score (nSPS) is 14.4. The van der Waals surface area contributed by atoms with Gasteiger partial charge in [-0.25, -0.2) is 4.39 Å². The highest BCUT2D eigenvalue weighted by atomic mass is 32.3. The maximum Gasteiger partial charge on any atom is 0.435 e. The van der Waals surface area contributed by atoms with E-state index in [1.54, 1.807) is 0 Å². The molecule has 1 rings (SSSR count). The van der Waals surface area contributed by atoms with Crippen molar-refractivity contribution in [1.82, 2.24) is 0 Å². The van der Waals surface area contributed by atoms with E-state index in [0.717, 1.165) is 0 Å². The number of hydrogen-bond acceptors (Lipinski definition) is 2. The van der Waals surface area contributed by atoms with E-state index in [9.17, 15) is 43.0 Å². The third-order valence-electron chi connectivity index (χ3n) is 2.31. The Balaban J connectivity index is 3.47. The molecule has 0 radical (unpaired) electrons. The first-order chi connectivity index (χ1) is 8.71. The van der Waals surface area contributed by atoms with Crippen LogP contribution in [0.3, 0.4) is 0 Å². The third kappa shape index (κ3) is 2.72. The van der Waals surface area contributed by atoms with Gasteiger partial charge < -0.3 is 0 Å². The maximum atomic E-state index is 13.5. The molecule has 0 aliphatic heterocycles. The molecule has 2 nitrogen and oxygen atoms in total. The highest BCUT2D eigenvalue weighted by Gasteiger charge is 2.73. The first-order valence-corrected chi connectivity index (χ1v) is 5.97. The minimum absolute atomic E-state index is 0.0898. The molecule has 114 valence electrons. The van der Waals surface area contributed by atoms with Gasteiger partial charge in [0.25, 0.3) is 0 Å². The molecule has 0 aliphatic rings. The van der Waals surface area contributed by atoms with Gasteiger partial charge in [0.2, 0.25) is 0 Å². The molecule has 0 unspecified atom stereocenters. The van der Waals surface area contributed by atoms with Gasteiger partial charge >= 0.3 is 28.2 Å². The van der Waals surface area contributed by atoms with Gasteiger partial charge in [-0.15, -0.1) is 3.89 Å². The van der Waals surface area contributed by atoms with Crippen LogP contribution in [0, 0.1) is 0 Å². The molecule has 0 aromatic heterocycles. The molecule has 0 amide bonds. The summed E-state index contributed by atoms with van der Waals surface area (Å²) in [4.78, 5) is -1.19. The number of benzene rings is 1. The van der Waals surface area contributed by atoms with Crippen LogP contribution in [0.15, 0.2) is 29.2 Å². The molecule has 0 spiro atoms. The van der Waals surface area contributed by atoms with Crippen LogP contribution in [-0.4, -0.2) is 20.8 Å². The summed E-state index contributed by atoms with van der Waals surface area (Å²) in [6.45, 7) is 0. The molecule has 0 saturated carbocycles. The van der Waals surface area contributed by atoms with Gasteiger partial charge in [0, 0.05) is 5.56 Å². The van der Waals surface area contributed by atoms with Crippen molar-refractivity contribution in [3.8, 4) is 0 Å². The van der Waals surface area contributed by atoms with Gasteiger partial charge in [0.15, 0.2) is 0 Å². The van der Waals surface area contributed by atoms with Crippen LogP contribution in [0.2, 0.25) is 0 Å². The largest absolute Gasteiger partial charge is 0.435 e. The number of alkyl halides is 7. The summed E-state index contributed by atoms with van der Waals surface area (Å²) in [7, 11) is -5.32. The van der Waals surface area contributed by atoms with E-state index in [1.165, 1.54) is 0 Å². The summed E-state index contributed by atoms with van der Waals surface area (Å²) in [5.74, 6) is 0. The second-order valence-corrected chi connectivity index (χ2v) is 4.96. The smallest absolute Gasteiger partial charge is 0.218 e. The number of hydrogen-bond donors (Lipinski definition) is 0. The Morgan fingerprint density at radius 1 is 0.750 bits per heavy atom. The summed E-state index contributed by atoms with van der Waals surface area (Å²) < 4.78 is 121. The van der Waals surface area contributed by atoms with Gasteiger partial charge in [0.1, 0.15) is 0 Å². The predicted octanol–water partition coefficient (Wildman–Crippen LogP) is 3.63. The first-order valence-electron chi connectivity index (χ1n) is 4.59. The maximum absolute atomic E-state index is 13.5. The highest BCUT2D eigenvalue weighted by molar-refractivity contribution is 7.86. The third-order valence-corrected chi connectivity index (χ3v) is 3.15. The summed E-state index contributed by atoms with van der Waals surface area (Å²) >= 11 is 0. The molecule has 20 heavy (non-hydrogen) atoms. The lowest BCUT2D eigenvalue weighted by Gasteiger charge is -2.30. The second-order valence-electron chi connectivity index (χ2n) is 3.62. The van der Waals surface area contributed by atoms with E-state index in [0.29, 0.717) is 0 Å². The Morgan fingerprint density at radius 2 is 1.10 bits per heavy atom. The van der Waals surface area contributed by atoms with Crippen molar-refractivity contribution in [3.63, 3.8) is 0 Å². The Bertz CT molecular complexity index is 570. The lowest BCUT2D eigenvalue weighted by Crippen LogP contribution is -2.50. The SMILES string of the molecule is O=S(=O)(F)c1ccc(C(F)(C(F)(F)F)C(F)(F)F)cc1. The number of rotatable bonds is 2. The fourth-order valence-corrected chi connectivity index (χ4v) is 1.80. The van der Waals surface area contributed by atoms with Crippen LogP contribution in [0.4, 0.5) is 34.6 Å². The minimum atomic E-state index is -6.32. The molecule has 1 aromatic rings. The number of halogens is 8. The van der Waals surface area contributed by atoms with Crippen molar-refractivity contribution in [1.29, 1.82) is 0 Å². The van der Waals surface area contributed by atoms with Gasteiger partial charge in [0.05, 0.1) is 4.90 Å². The zero-order valence-electron chi connectivity index (χ0n) is 9.06. The summed E-state index contributed by atoms with van der Waals surface area (Å²) in [6, 6.07) is 0.0356. The Labute approximate surface area is 107 Å². The van der Waals surface area contributed by atoms with Crippen LogP contribution in [0.5, 0.6) is 0 Å².